The predicted octanol–water partition coefficient (Wildman–Crippen LogP) is 1.64. The number of carbonyl (C=O) groups is 2. The first-order valence-electron chi connectivity index (χ1n) is 6.36. The van der Waals surface area contributed by atoms with Gasteiger partial charge in [-0.2, -0.15) is 0 Å². The van der Waals surface area contributed by atoms with E-state index in [0.29, 0.717) is 17.8 Å². The van der Waals surface area contributed by atoms with Crippen LogP contribution in [0.25, 0.3) is 0 Å². The first-order chi connectivity index (χ1) is 9.01. The number of nitrogen functional groups attached to an aromatic ring is 1. The summed E-state index contributed by atoms with van der Waals surface area (Å²) in [5.74, 6) is -1.01. The molecule has 5 nitrogen and oxygen atoms in total. The summed E-state index contributed by atoms with van der Waals surface area (Å²) in [4.78, 5) is 22.8. The molecule has 0 heterocycles. The van der Waals surface area contributed by atoms with Crippen LogP contribution in [0.5, 0.6) is 0 Å². The van der Waals surface area contributed by atoms with E-state index in [1.807, 2.05) is 0 Å². The van der Waals surface area contributed by atoms with E-state index >= 15 is 0 Å². The number of carboxylic acid groups (broad SMARTS) is 1. The van der Waals surface area contributed by atoms with Gasteiger partial charge in [0.05, 0.1) is 6.42 Å². The van der Waals surface area contributed by atoms with Gasteiger partial charge < -0.3 is 16.2 Å². The molecule has 0 aliphatic heterocycles. The van der Waals surface area contributed by atoms with Crippen LogP contribution in [-0.2, 0) is 4.79 Å². The van der Waals surface area contributed by atoms with Crippen molar-refractivity contribution in [1.82, 2.24) is 5.32 Å². The zero-order chi connectivity index (χ0) is 13.9. The van der Waals surface area contributed by atoms with Crippen LogP contribution in [0.4, 0.5) is 5.69 Å². The third-order valence-electron chi connectivity index (χ3n) is 3.71. The number of carboxylic acids is 1. The summed E-state index contributed by atoms with van der Waals surface area (Å²) >= 11 is 0. The van der Waals surface area contributed by atoms with E-state index in [4.69, 9.17) is 10.8 Å². The Kier molecular flexibility index (Phi) is 3.74. The monoisotopic (exact) mass is 262 g/mol. The topological polar surface area (TPSA) is 92.4 Å². The second kappa shape index (κ2) is 5.30. The van der Waals surface area contributed by atoms with Gasteiger partial charge in [-0.15, -0.1) is 0 Å². The Morgan fingerprint density at radius 1 is 1.37 bits per heavy atom. The van der Waals surface area contributed by atoms with Crippen molar-refractivity contribution in [2.75, 3.05) is 12.3 Å². The summed E-state index contributed by atoms with van der Waals surface area (Å²) in [6, 6.07) is 6.74. The molecule has 2 rings (SSSR count). The van der Waals surface area contributed by atoms with Gasteiger partial charge in [-0.05, 0) is 36.5 Å². The largest absolute Gasteiger partial charge is 0.481 e. The van der Waals surface area contributed by atoms with E-state index in [9.17, 15) is 9.59 Å². The smallest absolute Gasteiger partial charge is 0.303 e. The Morgan fingerprint density at radius 2 is 2.11 bits per heavy atom. The predicted molar refractivity (Wildman–Crippen MR) is 71.7 cm³/mol. The Morgan fingerprint density at radius 3 is 2.63 bits per heavy atom. The fourth-order valence-corrected chi connectivity index (χ4v) is 2.46. The number of carbonyl (C=O) groups excluding carboxylic acids is 1. The Hall–Kier alpha value is -2.04. The van der Waals surface area contributed by atoms with Crippen LogP contribution in [0.1, 0.15) is 36.0 Å². The highest BCUT2D eigenvalue weighted by molar-refractivity contribution is 5.95. The van der Waals surface area contributed by atoms with Crippen molar-refractivity contribution in [3.05, 3.63) is 29.8 Å². The second-order valence-electron chi connectivity index (χ2n) is 5.23. The molecule has 0 atom stereocenters. The third kappa shape index (κ3) is 3.24. The van der Waals surface area contributed by atoms with Crippen LogP contribution in [0.2, 0.25) is 0 Å². The number of anilines is 1. The maximum atomic E-state index is 12.0. The number of hydrogen-bond donors (Lipinski definition) is 3. The van der Waals surface area contributed by atoms with Gasteiger partial charge in [0.25, 0.3) is 5.91 Å². The summed E-state index contributed by atoms with van der Waals surface area (Å²) in [5, 5.41) is 11.7. The van der Waals surface area contributed by atoms with E-state index in [2.05, 4.69) is 5.32 Å². The lowest BCUT2D eigenvalue weighted by Gasteiger charge is -2.40. The van der Waals surface area contributed by atoms with Gasteiger partial charge in [0.1, 0.15) is 0 Å². The SMILES string of the molecule is Nc1cccc(C(=O)NCC2(CC(=O)O)CCC2)c1. The normalized spacial score (nSPS) is 16.4. The van der Waals surface area contributed by atoms with E-state index in [1.54, 1.807) is 24.3 Å². The molecule has 5 heteroatoms. The molecule has 0 aromatic heterocycles. The molecule has 0 saturated heterocycles. The van der Waals surface area contributed by atoms with E-state index in [0.717, 1.165) is 19.3 Å². The Bertz CT molecular complexity index is 495. The van der Waals surface area contributed by atoms with Gasteiger partial charge in [0, 0.05) is 17.8 Å². The first-order valence-corrected chi connectivity index (χ1v) is 6.36. The summed E-state index contributed by atoms with van der Waals surface area (Å²) in [5.41, 5.74) is 6.40. The number of hydrogen-bond acceptors (Lipinski definition) is 3. The average Bonchev–Trinajstić information content (AvgIpc) is 2.31. The molecule has 1 aromatic carbocycles. The molecule has 19 heavy (non-hydrogen) atoms. The minimum absolute atomic E-state index is 0.115. The fourth-order valence-electron chi connectivity index (χ4n) is 2.46. The van der Waals surface area contributed by atoms with Crippen molar-refractivity contribution in [3.63, 3.8) is 0 Å². The minimum Gasteiger partial charge on any atom is -0.481 e. The van der Waals surface area contributed by atoms with Gasteiger partial charge in [0.15, 0.2) is 0 Å². The van der Waals surface area contributed by atoms with Crippen LogP contribution < -0.4 is 11.1 Å². The van der Waals surface area contributed by atoms with Crippen molar-refractivity contribution in [2.45, 2.75) is 25.7 Å². The molecule has 1 aliphatic rings. The molecule has 102 valence electrons. The maximum Gasteiger partial charge on any atom is 0.303 e. The molecule has 0 bridgehead atoms. The van der Waals surface area contributed by atoms with E-state index < -0.39 is 5.97 Å². The van der Waals surface area contributed by atoms with Crippen molar-refractivity contribution in [1.29, 1.82) is 0 Å². The quantitative estimate of drug-likeness (QED) is 0.703. The van der Waals surface area contributed by atoms with Crippen LogP contribution in [0.15, 0.2) is 24.3 Å². The first kappa shape index (κ1) is 13.4. The van der Waals surface area contributed by atoms with Gasteiger partial charge in [0.2, 0.25) is 0 Å². The lowest BCUT2D eigenvalue weighted by atomic mass is 9.66. The summed E-state index contributed by atoms with van der Waals surface area (Å²) in [7, 11) is 0. The molecule has 1 saturated carbocycles. The highest BCUT2D eigenvalue weighted by Crippen LogP contribution is 2.43. The number of nitrogens with one attached hydrogen (secondary N) is 1. The second-order valence-corrected chi connectivity index (χ2v) is 5.23. The number of rotatable bonds is 5. The number of nitrogens with two attached hydrogens (primary N) is 1. The van der Waals surface area contributed by atoms with Crippen LogP contribution in [0.3, 0.4) is 0 Å². The van der Waals surface area contributed by atoms with Crippen LogP contribution in [-0.4, -0.2) is 23.5 Å². The molecule has 1 aliphatic carbocycles. The molecule has 0 spiro atoms. The maximum absolute atomic E-state index is 12.0. The van der Waals surface area contributed by atoms with Crippen molar-refractivity contribution in [3.8, 4) is 0 Å². The highest BCUT2D eigenvalue weighted by atomic mass is 16.4. The van der Waals surface area contributed by atoms with Gasteiger partial charge in [-0.1, -0.05) is 12.5 Å². The Labute approximate surface area is 111 Å². The third-order valence-corrected chi connectivity index (χ3v) is 3.71. The van der Waals surface area contributed by atoms with Gasteiger partial charge in [-0.25, -0.2) is 0 Å². The number of aliphatic carboxylic acids is 1. The van der Waals surface area contributed by atoms with E-state index in [1.165, 1.54) is 0 Å². The molecular weight excluding hydrogens is 244 g/mol. The zero-order valence-electron chi connectivity index (χ0n) is 10.7. The van der Waals surface area contributed by atoms with Crippen molar-refractivity contribution in [2.24, 2.45) is 5.41 Å². The van der Waals surface area contributed by atoms with Gasteiger partial charge in [-0.3, -0.25) is 9.59 Å². The lowest BCUT2D eigenvalue weighted by Crippen LogP contribution is -2.43. The standard InChI is InChI=1S/C14H18N2O3/c15-11-4-1-3-10(7-11)13(19)16-9-14(5-2-6-14)8-12(17)18/h1,3-4,7H,2,5-6,8-9,15H2,(H,16,19)(H,17,18). The van der Waals surface area contributed by atoms with Crippen LogP contribution in [0, 0.1) is 5.41 Å². The number of amides is 1. The minimum atomic E-state index is -0.807. The molecule has 0 radical (unpaired) electrons. The molecule has 1 aromatic rings. The summed E-state index contributed by atoms with van der Waals surface area (Å²) < 4.78 is 0. The zero-order valence-corrected chi connectivity index (χ0v) is 10.7. The van der Waals surface area contributed by atoms with E-state index in [-0.39, 0.29) is 17.7 Å². The fraction of sp³-hybridized carbons (Fsp3) is 0.429. The summed E-state index contributed by atoms with van der Waals surface area (Å²) in [6.45, 7) is 0.410. The lowest BCUT2D eigenvalue weighted by molar-refractivity contribution is -0.141. The number of benzene rings is 1. The summed E-state index contributed by atoms with van der Waals surface area (Å²) in [6.07, 6.45) is 2.86. The molecule has 0 unspecified atom stereocenters. The molecule has 1 amide bonds. The van der Waals surface area contributed by atoms with Crippen molar-refractivity contribution < 1.29 is 14.7 Å². The molecule has 4 N–H and O–H groups in total. The van der Waals surface area contributed by atoms with Crippen LogP contribution >= 0.6 is 0 Å². The molecule has 1 fully saturated rings. The Balaban J connectivity index is 1.94. The molecular formula is C14H18N2O3. The highest BCUT2D eigenvalue weighted by Gasteiger charge is 2.39. The van der Waals surface area contributed by atoms with Crippen molar-refractivity contribution >= 4 is 17.6 Å². The van der Waals surface area contributed by atoms with Gasteiger partial charge >= 0.3 is 5.97 Å². The average molecular weight is 262 g/mol.